The van der Waals surface area contributed by atoms with Gasteiger partial charge < -0.3 is 9.84 Å². The first-order valence-electron chi connectivity index (χ1n) is 12.7. The first kappa shape index (κ1) is 31.3. The molecule has 234 valence electrons. The van der Waals surface area contributed by atoms with Crippen LogP contribution in [-0.4, -0.2) is 45.3 Å². The molecule has 1 N–H and O–H groups in total. The molecule has 0 saturated heterocycles. The molecule has 5 rings (SSSR count). The van der Waals surface area contributed by atoms with Gasteiger partial charge in [-0.15, -0.1) is 0 Å². The second kappa shape index (κ2) is 11.4. The van der Waals surface area contributed by atoms with Gasteiger partial charge in [-0.2, -0.15) is 26.3 Å². The fraction of sp³-hybridized carbons (Fsp3) is 0.138. The number of aromatic nitrogens is 3. The lowest BCUT2D eigenvalue weighted by molar-refractivity contribution is -0.189. The van der Waals surface area contributed by atoms with E-state index in [9.17, 15) is 49.5 Å². The summed E-state index contributed by atoms with van der Waals surface area (Å²) in [5, 5.41) is 11.9. The van der Waals surface area contributed by atoms with E-state index in [2.05, 4.69) is 9.72 Å². The van der Waals surface area contributed by atoms with Crippen molar-refractivity contribution in [2.45, 2.75) is 29.5 Å². The van der Waals surface area contributed by atoms with Gasteiger partial charge in [0.25, 0.3) is 9.84 Å². The van der Waals surface area contributed by atoms with E-state index in [1.54, 1.807) is 30.3 Å². The van der Waals surface area contributed by atoms with Gasteiger partial charge in [0.2, 0.25) is 5.88 Å². The molecule has 45 heavy (non-hydrogen) atoms. The van der Waals surface area contributed by atoms with Crippen molar-refractivity contribution in [2.24, 2.45) is 0 Å². The number of ether oxygens (including phenoxy) is 1. The number of halogens is 6. The predicted molar refractivity (Wildman–Crippen MR) is 147 cm³/mol. The zero-order chi connectivity index (χ0) is 32.7. The highest BCUT2D eigenvalue weighted by atomic mass is 32.2. The van der Waals surface area contributed by atoms with Crippen molar-refractivity contribution in [3.8, 4) is 17.3 Å². The number of rotatable bonds is 7. The van der Waals surface area contributed by atoms with E-state index in [1.807, 2.05) is 0 Å². The van der Waals surface area contributed by atoms with E-state index in [1.165, 1.54) is 22.9 Å². The molecule has 0 aliphatic rings. The number of carbonyl (C=O) groups excluding carboxylic acids is 1. The summed E-state index contributed by atoms with van der Waals surface area (Å²) in [4.78, 5) is 28.1. The van der Waals surface area contributed by atoms with Gasteiger partial charge in [0.15, 0.2) is 0 Å². The number of esters is 1. The summed E-state index contributed by atoms with van der Waals surface area (Å²) >= 11 is 0. The van der Waals surface area contributed by atoms with E-state index < -0.39 is 49.7 Å². The molecule has 0 radical (unpaired) electrons. The molecule has 0 atom stereocenters. The highest BCUT2D eigenvalue weighted by Crippen LogP contribution is 2.32. The molecule has 0 fully saturated rings. The Kier molecular flexibility index (Phi) is 7.95. The Morgan fingerprint density at radius 3 is 2.16 bits per heavy atom. The monoisotopic (exact) mass is 651 g/mol. The van der Waals surface area contributed by atoms with Crippen LogP contribution < -0.4 is 10.4 Å². The van der Waals surface area contributed by atoms with Gasteiger partial charge in [-0.25, -0.2) is 22.6 Å². The Morgan fingerprint density at radius 2 is 1.53 bits per heavy atom. The molecule has 0 bridgehead atoms. The smallest absolute Gasteiger partial charge is 0.493 e. The van der Waals surface area contributed by atoms with Crippen molar-refractivity contribution in [1.82, 2.24) is 14.1 Å². The topological polar surface area (TPSA) is 120 Å². The maximum Gasteiger partial charge on any atom is 0.501 e. The van der Waals surface area contributed by atoms with Crippen LogP contribution >= 0.6 is 0 Å². The third kappa shape index (κ3) is 6.13. The van der Waals surface area contributed by atoms with Gasteiger partial charge in [-0.1, -0.05) is 30.3 Å². The lowest BCUT2D eigenvalue weighted by Crippen LogP contribution is -2.27. The predicted octanol–water partition coefficient (Wildman–Crippen LogP) is 5.29. The molecule has 2 heterocycles. The van der Waals surface area contributed by atoms with Gasteiger partial charge in [-0.05, 0) is 59.7 Å². The van der Waals surface area contributed by atoms with Crippen LogP contribution in [0.2, 0.25) is 0 Å². The van der Waals surface area contributed by atoms with Crippen LogP contribution in [0.15, 0.2) is 94.7 Å². The standard InChI is InChI=1S/C29H19F6N3O6S/c30-28(31,32)26(40)44-20-9-5-17(6-10-20)15-24-25(39)38(19-7-11-21(12-8-19)45(42,43)29(33,34)35)27(41)37(24)16-18-13-14-36-23-4-2-1-3-22(18)23/h1-14,39H,15-16H2. The van der Waals surface area contributed by atoms with Crippen LogP contribution in [0.25, 0.3) is 16.6 Å². The minimum atomic E-state index is -5.67. The molecule has 0 aliphatic heterocycles. The molecule has 0 spiro atoms. The van der Waals surface area contributed by atoms with Crippen LogP contribution in [0.1, 0.15) is 16.8 Å². The fourth-order valence-electron chi connectivity index (χ4n) is 4.55. The number of sulfone groups is 1. The van der Waals surface area contributed by atoms with Crippen molar-refractivity contribution in [3.63, 3.8) is 0 Å². The van der Waals surface area contributed by atoms with Crippen molar-refractivity contribution in [3.05, 3.63) is 112 Å². The maximum atomic E-state index is 13.7. The van der Waals surface area contributed by atoms with Crippen molar-refractivity contribution < 1.29 is 49.4 Å². The summed E-state index contributed by atoms with van der Waals surface area (Å²) in [5.74, 6) is -3.45. The van der Waals surface area contributed by atoms with E-state index in [4.69, 9.17) is 0 Å². The summed E-state index contributed by atoms with van der Waals surface area (Å²) in [6, 6.07) is 16.6. The normalized spacial score (nSPS) is 12.4. The molecule has 5 aromatic rings. The Labute approximate surface area is 249 Å². The number of benzene rings is 3. The molecule has 9 nitrogen and oxygen atoms in total. The Bertz CT molecular complexity index is 2060. The van der Waals surface area contributed by atoms with Gasteiger partial charge in [0.1, 0.15) is 5.75 Å². The fourth-order valence-corrected chi connectivity index (χ4v) is 5.31. The average Bonchev–Trinajstić information content (AvgIpc) is 3.21. The minimum Gasteiger partial charge on any atom is -0.493 e. The lowest BCUT2D eigenvalue weighted by Gasteiger charge is -2.11. The van der Waals surface area contributed by atoms with Crippen LogP contribution in [0.5, 0.6) is 11.6 Å². The second-order valence-corrected chi connectivity index (χ2v) is 11.6. The zero-order valence-electron chi connectivity index (χ0n) is 22.5. The van der Waals surface area contributed by atoms with Gasteiger partial charge >= 0.3 is 23.3 Å². The molecule has 0 aliphatic carbocycles. The summed E-state index contributed by atoms with van der Waals surface area (Å²) in [6.45, 7) is -0.112. The zero-order valence-corrected chi connectivity index (χ0v) is 23.3. The molecule has 0 saturated carbocycles. The van der Waals surface area contributed by atoms with Gasteiger partial charge in [0, 0.05) is 18.0 Å². The molecule has 3 aromatic carbocycles. The summed E-state index contributed by atoms with van der Waals surface area (Å²) in [7, 11) is -5.67. The number of imidazole rings is 1. The van der Waals surface area contributed by atoms with Crippen LogP contribution in [0, 0.1) is 0 Å². The Balaban J connectivity index is 1.58. The largest absolute Gasteiger partial charge is 0.501 e. The second-order valence-electron chi connectivity index (χ2n) is 9.61. The first-order valence-corrected chi connectivity index (χ1v) is 14.2. The molecular formula is C29H19F6N3O6S. The summed E-state index contributed by atoms with van der Waals surface area (Å²) in [5.41, 5.74) is -4.93. The molecular weight excluding hydrogens is 632 g/mol. The van der Waals surface area contributed by atoms with Crippen molar-refractivity contribution >= 4 is 26.7 Å². The number of hydrogen-bond acceptors (Lipinski definition) is 7. The van der Waals surface area contributed by atoms with E-state index in [0.717, 1.165) is 28.8 Å². The maximum absolute atomic E-state index is 13.7. The summed E-state index contributed by atoms with van der Waals surface area (Å²) < 4.78 is 107. The lowest BCUT2D eigenvalue weighted by atomic mass is 10.1. The summed E-state index contributed by atoms with van der Waals surface area (Å²) in [6.07, 6.45) is -3.87. The van der Waals surface area contributed by atoms with E-state index in [-0.39, 0.29) is 24.3 Å². The van der Waals surface area contributed by atoms with Crippen LogP contribution in [-0.2, 0) is 27.6 Å². The number of nitrogens with zero attached hydrogens (tertiary/aromatic N) is 3. The van der Waals surface area contributed by atoms with Crippen molar-refractivity contribution in [2.75, 3.05) is 0 Å². The number of alkyl halides is 6. The minimum absolute atomic E-state index is 0.00733. The van der Waals surface area contributed by atoms with Gasteiger partial charge in [0.05, 0.1) is 28.3 Å². The molecule has 0 unspecified atom stereocenters. The molecule has 2 aromatic heterocycles. The number of aromatic hydroxyl groups is 1. The number of carbonyl (C=O) groups is 1. The average molecular weight is 652 g/mol. The quantitative estimate of drug-likeness (QED) is 0.144. The highest BCUT2D eigenvalue weighted by Gasteiger charge is 2.46. The SMILES string of the molecule is O=C(Oc1ccc(Cc2c(O)n(-c3ccc(S(=O)(=O)C(F)(F)F)cc3)c(=O)n2Cc2ccnc3ccccc23)cc1)C(F)(F)F. The third-order valence-corrected chi connectivity index (χ3v) is 8.23. The van der Waals surface area contributed by atoms with E-state index >= 15 is 0 Å². The molecule has 16 heteroatoms. The number of para-hydroxylation sites is 1. The molecule has 0 amide bonds. The first-order chi connectivity index (χ1) is 21.1. The Morgan fingerprint density at radius 1 is 0.889 bits per heavy atom. The van der Waals surface area contributed by atoms with E-state index in [0.29, 0.717) is 34.2 Å². The van der Waals surface area contributed by atoms with Gasteiger partial charge in [-0.3, -0.25) is 9.55 Å². The number of pyridine rings is 1. The van der Waals surface area contributed by atoms with Crippen LogP contribution in [0.4, 0.5) is 26.3 Å². The van der Waals surface area contributed by atoms with Crippen LogP contribution in [0.3, 0.4) is 0 Å². The Hall–Kier alpha value is -5.12. The number of fused-ring (bicyclic) bond motifs is 1. The van der Waals surface area contributed by atoms with Crippen molar-refractivity contribution in [1.29, 1.82) is 0 Å². The third-order valence-electron chi connectivity index (χ3n) is 6.73. The highest BCUT2D eigenvalue weighted by molar-refractivity contribution is 7.92. The number of hydrogen-bond donors (Lipinski definition) is 1.